The van der Waals surface area contributed by atoms with Crippen molar-refractivity contribution >= 4 is 0 Å². The summed E-state index contributed by atoms with van der Waals surface area (Å²) in [7, 11) is 0. The van der Waals surface area contributed by atoms with Crippen molar-refractivity contribution < 1.29 is 0 Å². The van der Waals surface area contributed by atoms with Crippen molar-refractivity contribution in [2.75, 3.05) is 6.54 Å². The largest absolute Gasteiger partial charge is 0.330 e. The van der Waals surface area contributed by atoms with Gasteiger partial charge in [-0.25, -0.2) is 0 Å². The third-order valence-electron chi connectivity index (χ3n) is 2.62. The molecule has 86 valence electrons. The van der Waals surface area contributed by atoms with Crippen LogP contribution in [0.4, 0.5) is 0 Å². The van der Waals surface area contributed by atoms with Gasteiger partial charge in [0.05, 0.1) is 5.66 Å². The summed E-state index contributed by atoms with van der Waals surface area (Å²) in [5.74, 6) is 0. The van der Waals surface area contributed by atoms with Crippen LogP contribution in [-0.2, 0) is 0 Å². The summed E-state index contributed by atoms with van der Waals surface area (Å²) in [6.45, 7) is 2.83. The van der Waals surface area contributed by atoms with Gasteiger partial charge in [0.1, 0.15) is 0 Å². The normalized spacial score (nSPS) is 14.4. The van der Waals surface area contributed by atoms with Gasteiger partial charge in [0.15, 0.2) is 0 Å². The molecule has 4 nitrogen and oxygen atoms in total. The first-order valence-corrected chi connectivity index (χ1v) is 5.58. The second-order valence-corrected chi connectivity index (χ2v) is 4.11. The highest BCUT2D eigenvalue weighted by molar-refractivity contribution is 4.88. The highest BCUT2D eigenvalue weighted by Crippen LogP contribution is 2.13. The smallest absolute Gasteiger partial charge is 0.0792 e. The Kier molecular flexibility index (Phi) is 7.09. The standard InChI is InChI=1S/C10H26N4/c1-2-3-7-10(13,14)9(12)6-4-5-8-11/h9H,2-8,11-14H2,1H3. The van der Waals surface area contributed by atoms with E-state index in [2.05, 4.69) is 6.92 Å². The van der Waals surface area contributed by atoms with Gasteiger partial charge < -0.3 is 22.9 Å². The van der Waals surface area contributed by atoms with Gasteiger partial charge >= 0.3 is 0 Å². The molecule has 4 heteroatoms. The maximum Gasteiger partial charge on any atom is 0.0792 e. The van der Waals surface area contributed by atoms with E-state index in [-0.39, 0.29) is 6.04 Å². The Bertz CT molecular complexity index is 136. The highest BCUT2D eigenvalue weighted by Gasteiger charge is 2.26. The predicted molar refractivity (Wildman–Crippen MR) is 61.5 cm³/mol. The topological polar surface area (TPSA) is 104 Å². The van der Waals surface area contributed by atoms with Crippen LogP contribution in [0, 0.1) is 0 Å². The summed E-state index contributed by atoms with van der Waals surface area (Å²) in [6, 6.07) is -0.111. The van der Waals surface area contributed by atoms with Crippen LogP contribution in [0.15, 0.2) is 0 Å². The molecule has 14 heavy (non-hydrogen) atoms. The van der Waals surface area contributed by atoms with Gasteiger partial charge in [0, 0.05) is 6.04 Å². The Labute approximate surface area is 87.4 Å². The first-order chi connectivity index (χ1) is 6.54. The van der Waals surface area contributed by atoms with Gasteiger partial charge in [-0.2, -0.15) is 0 Å². The molecule has 0 rings (SSSR count). The fourth-order valence-corrected chi connectivity index (χ4v) is 1.45. The van der Waals surface area contributed by atoms with E-state index in [1.807, 2.05) is 0 Å². The molecule has 0 aromatic carbocycles. The zero-order valence-corrected chi connectivity index (χ0v) is 9.34. The minimum atomic E-state index is -0.704. The van der Waals surface area contributed by atoms with Crippen molar-refractivity contribution in [2.45, 2.75) is 57.2 Å². The molecule has 0 aromatic rings. The Morgan fingerprint density at radius 1 is 1.14 bits per heavy atom. The number of hydrogen-bond acceptors (Lipinski definition) is 4. The first-order valence-electron chi connectivity index (χ1n) is 5.58. The molecule has 0 aliphatic rings. The van der Waals surface area contributed by atoms with Gasteiger partial charge in [0.2, 0.25) is 0 Å². The highest BCUT2D eigenvalue weighted by atomic mass is 15.0. The molecular weight excluding hydrogens is 176 g/mol. The number of rotatable bonds is 8. The molecule has 0 fully saturated rings. The second-order valence-electron chi connectivity index (χ2n) is 4.11. The molecule has 0 heterocycles. The van der Waals surface area contributed by atoms with Gasteiger partial charge in [-0.15, -0.1) is 0 Å². The molecule has 0 bridgehead atoms. The molecule has 0 spiro atoms. The van der Waals surface area contributed by atoms with Crippen molar-refractivity contribution in [3.05, 3.63) is 0 Å². The second kappa shape index (κ2) is 7.17. The van der Waals surface area contributed by atoms with Crippen molar-refractivity contribution in [3.8, 4) is 0 Å². The van der Waals surface area contributed by atoms with Crippen molar-refractivity contribution in [1.82, 2.24) is 0 Å². The quantitative estimate of drug-likeness (QED) is 0.334. The summed E-state index contributed by atoms with van der Waals surface area (Å²) >= 11 is 0. The Hall–Kier alpha value is -0.160. The number of hydrogen-bond donors (Lipinski definition) is 4. The lowest BCUT2D eigenvalue weighted by atomic mass is 9.92. The Morgan fingerprint density at radius 2 is 1.79 bits per heavy atom. The van der Waals surface area contributed by atoms with Gasteiger partial charge in [0.25, 0.3) is 0 Å². The van der Waals surface area contributed by atoms with E-state index in [0.717, 1.165) is 38.5 Å². The molecule has 0 saturated heterocycles. The third kappa shape index (κ3) is 5.54. The summed E-state index contributed by atoms with van der Waals surface area (Å²) in [6.07, 6.45) is 5.82. The zero-order valence-electron chi connectivity index (χ0n) is 9.34. The maximum atomic E-state index is 5.95. The van der Waals surface area contributed by atoms with Crippen LogP contribution in [-0.4, -0.2) is 18.2 Å². The van der Waals surface area contributed by atoms with Crippen LogP contribution in [0.3, 0.4) is 0 Å². The van der Waals surface area contributed by atoms with Crippen molar-refractivity contribution in [1.29, 1.82) is 0 Å². The van der Waals surface area contributed by atoms with Gasteiger partial charge in [-0.05, 0) is 25.8 Å². The molecule has 1 unspecified atom stereocenters. The molecular formula is C10H26N4. The van der Waals surface area contributed by atoms with Crippen LogP contribution < -0.4 is 22.9 Å². The Morgan fingerprint density at radius 3 is 2.29 bits per heavy atom. The summed E-state index contributed by atoms with van der Waals surface area (Å²) in [4.78, 5) is 0. The number of unbranched alkanes of at least 4 members (excludes halogenated alkanes) is 2. The molecule has 0 amide bonds. The lowest BCUT2D eigenvalue weighted by molar-refractivity contribution is 0.303. The van der Waals surface area contributed by atoms with Crippen molar-refractivity contribution in [2.24, 2.45) is 22.9 Å². The summed E-state index contributed by atoms with van der Waals surface area (Å²) in [5.41, 5.74) is 22.5. The molecule has 0 saturated carbocycles. The molecule has 0 aliphatic carbocycles. The average Bonchev–Trinajstić information content (AvgIpc) is 2.15. The molecule has 1 atom stereocenters. The monoisotopic (exact) mass is 202 g/mol. The fraction of sp³-hybridized carbons (Fsp3) is 1.00. The summed E-state index contributed by atoms with van der Waals surface area (Å²) < 4.78 is 0. The number of nitrogens with two attached hydrogens (primary N) is 4. The van der Waals surface area contributed by atoms with E-state index in [9.17, 15) is 0 Å². The van der Waals surface area contributed by atoms with E-state index in [1.54, 1.807) is 0 Å². The van der Waals surface area contributed by atoms with Crippen molar-refractivity contribution in [3.63, 3.8) is 0 Å². The average molecular weight is 202 g/mol. The van der Waals surface area contributed by atoms with Crippen LogP contribution in [0.1, 0.15) is 45.4 Å². The lowest BCUT2D eigenvalue weighted by Crippen LogP contribution is -2.62. The minimum Gasteiger partial charge on any atom is -0.330 e. The molecule has 8 N–H and O–H groups in total. The lowest BCUT2D eigenvalue weighted by Gasteiger charge is -2.31. The summed E-state index contributed by atoms with van der Waals surface area (Å²) in [5, 5.41) is 0. The van der Waals surface area contributed by atoms with Crippen LogP contribution in [0.5, 0.6) is 0 Å². The van der Waals surface area contributed by atoms with Crippen LogP contribution >= 0.6 is 0 Å². The molecule has 0 radical (unpaired) electrons. The first kappa shape index (κ1) is 13.8. The van der Waals surface area contributed by atoms with E-state index < -0.39 is 5.66 Å². The Balaban J connectivity index is 3.75. The van der Waals surface area contributed by atoms with Crippen LogP contribution in [0.2, 0.25) is 0 Å². The molecule has 0 aliphatic heterocycles. The third-order valence-corrected chi connectivity index (χ3v) is 2.62. The fourth-order valence-electron chi connectivity index (χ4n) is 1.45. The zero-order chi connectivity index (χ0) is 11.0. The van der Waals surface area contributed by atoms with E-state index in [0.29, 0.717) is 6.54 Å². The molecule has 0 aromatic heterocycles. The van der Waals surface area contributed by atoms with Gasteiger partial charge in [-0.3, -0.25) is 0 Å². The van der Waals surface area contributed by atoms with E-state index in [4.69, 9.17) is 22.9 Å². The SMILES string of the molecule is CCCCC(N)(N)C(N)CCCCN. The van der Waals surface area contributed by atoms with Gasteiger partial charge in [-0.1, -0.05) is 26.2 Å². The minimum absolute atomic E-state index is 0.111. The van der Waals surface area contributed by atoms with E-state index in [1.165, 1.54) is 0 Å². The predicted octanol–water partition coefficient (Wildman–Crippen LogP) is 0.247. The maximum absolute atomic E-state index is 5.95. The van der Waals surface area contributed by atoms with E-state index >= 15 is 0 Å². The van der Waals surface area contributed by atoms with Crippen LogP contribution in [0.25, 0.3) is 0 Å².